The van der Waals surface area contributed by atoms with Gasteiger partial charge in [0.1, 0.15) is 5.75 Å². The van der Waals surface area contributed by atoms with Gasteiger partial charge in [0.2, 0.25) is 0 Å². The summed E-state index contributed by atoms with van der Waals surface area (Å²) in [5, 5.41) is 1.19. The van der Waals surface area contributed by atoms with E-state index in [-0.39, 0.29) is 5.56 Å². The van der Waals surface area contributed by atoms with Gasteiger partial charge < -0.3 is 14.3 Å². The molecule has 5 nitrogen and oxygen atoms in total. The van der Waals surface area contributed by atoms with Gasteiger partial charge in [0, 0.05) is 22.5 Å². The lowest BCUT2D eigenvalue weighted by Crippen LogP contribution is -2.07. The predicted molar refractivity (Wildman–Crippen MR) is 98.7 cm³/mol. The van der Waals surface area contributed by atoms with Crippen molar-refractivity contribution in [1.29, 1.82) is 0 Å². The molecule has 6 heteroatoms. The van der Waals surface area contributed by atoms with E-state index in [0.29, 0.717) is 16.1 Å². The Kier molecular flexibility index (Phi) is 3.78. The fourth-order valence-corrected chi connectivity index (χ4v) is 2.98. The average Bonchev–Trinajstić information content (AvgIpc) is 3.03. The van der Waals surface area contributed by atoms with Crippen LogP contribution in [0.2, 0.25) is 5.02 Å². The van der Waals surface area contributed by atoms with Crippen LogP contribution in [0.5, 0.6) is 5.75 Å². The van der Waals surface area contributed by atoms with Gasteiger partial charge in [0.25, 0.3) is 5.56 Å². The molecule has 0 amide bonds. The first-order valence-electron chi connectivity index (χ1n) is 7.66. The first-order valence-corrected chi connectivity index (χ1v) is 8.04. The number of hydrogen-bond acceptors (Lipinski definition) is 3. The summed E-state index contributed by atoms with van der Waals surface area (Å²) in [6.07, 6.45) is 3.33. The summed E-state index contributed by atoms with van der Waals surface area (Å²) in [6, 6.07) is 15.0. The van der Waals surface area contributed by atoms with E-state index in [9.17, 15) is 4.79 Å². The van der Waals surface area contributed by atoms with Crippen LogP contribution in [0.3, 0.4) is 0 Å². The molecule has 0 bridgehead atoms. The van der Waals surface area contributed by atoms with E-state index in [2.05, 4.69) is 9.97 Å². The third-order valence-electron chi connectivity index (χ3n) is 4.09. The van der Waals surface area contributed by atoms with Crippen LogP contribution >= 0.6 is 11.6 Å². The van der Waals surface area contributed by atoms with Crippen LogP contribution < -0.4 is 10.3 Å². The lowest BCUT2D eigenvalue weighted by atomic mass is 10.1. The molecule has 0 aliphatic rings. The van der Waals surface area contributed by atoms with Crippen LogP contribution in [0.15, 0.2) is 65.8 Å². The number of aromatic amines is 1. The molecule has 2 aromatic heterocycles. The van der Waals surface area contributed by atoms with Crippen molar-refractivity contribution < 1.29 is 4.74 Å². The zero-order valence-electron chi connectivity index (χ0n) is 13.4. The number of benzene rings is 2. The molecule has 2 aromatic carbocycles. The summed E-state index contributed by atoms with van der Waals surface area (Å²) in [7, 11) is 1.62. The molecule has 4 rings (SSSR count). The molecule has 1 N–H and O–H groups in total. The maximum atomic E-state index is 12.4. The number of rotatable bonds is 3. The van der Waals surface area contributed by atoms with E-state index in [0.717, 1.165) is 22.6 Å². The van der Waals surface area contributed by atoms with Gasteiger partial charge in [-0.15, -0.1) is 0 Å². The van der Waals surface area contributed by atoms with Crippen molar-refractivity contribution in [3.05, 3.63) is 76.4 Å². The first-order chi connectivity index (χ1) is 12.2. The van der Waals surface area contributed by atoms with Crippen molar-refractivity contribution in [3.8, 4) is 22.6 Å². The van der Waals surface area contributed by atoms with Gasteiger partial charge in [-0.3, -0.25) is 4.79 Å². The second-order valence-corrected chi connectivity index (χ2v) is 5.98. The molecule has 0 aliphatic carbocycles. The van der Waals surface area contributed by atoms with Crippen LogP contribution in [0.25, 0.3) is 27.8 Å². The minimum atomic E-state index is -0.179. The maximum Gasteiger partial charge on any atom is 0.260 e. The second-order valence-electron chi connectivity index (χ2n) is 5.55. The van der Waals surface area contributed by atoms with E-state index in [1.807, 2.05) is 47.2 Å². The zero-order chi connectivity index (χ0) is 17.4. The molecule has 0 saturated carbocycles. The highest BCUT2D eigenvalue weighted by atomic mass is 35.5. The maximum absolute atomic E-state index is 12.4. The average molecular weight is 352 g/mol. The lowest BCUT2D eigenvalue weighted by molar-refractivity contribution is 0.415. The summed E-state index contributed by atoms with van der Waals surface area (Å²) in [6.45, 7) is 0. The minimum Gasteiger partial charge on any atom is -0.497 e. The first kappa shape index (κ1) is 15.5. The number of nitrogens with zero attached hydrogens (tertiary/aromatic N) is 2. The van der Waals surface area contributed by atoms with Gasteiger partial charge >= 0.3 is 0 Å². The Morgan fingerprint density at radius 3 is 2.48 bits per heavy atom. The van der Waals surface area contributed by atoms with Crippen LogP contribution in [-0.2, 0) is 0 Å². The standard InChI is InChI=1S/C19H14ClN3O2/c1-25-15-8-6-14(7-9-15)23-10-16(12-2-4-13(20)5-3-12)17-18(23)21-11-22-19(17)24/h2-11H,1H3,(H,21,22,24). The highest BCUT2D eigenvalue weighted by molar-refractivity contribution is 6.30. The molecule has 2 heterocycles. The topological polar surface area (TPSA) is 59.9 Å². The summed E-state index contributed by atoms with van der Waals surface area (Å²) in [4.78, 5) is 19.5. The van der Waals surface area contributed by atoms with Gasteiger partial charge in [-0.1, -0.05) is 23.7 Å². The number of halogens is 1. The van der Waals surface area contributed by atoms with Crippen LogP contribution in [-0.4, -0.2) is 21.6 Å². The molecule has 4 aromatic rings. The Morgan fingerprint density at radius 1 is 1.08 bits per heavy atom. The normalized spacial score (nSPS) is 11.0. The molecule has 0 unspecified atom stereocenters. The highest BCUT2D eigenvalue weighted by Gasteiger charge is 2.15. The Hall–Kier alpha value is -3.05. The van der Waals surface area contributed by atoms with Crippen molar-refractivity contribution in [2.24, 2.45) is 0 Å². The number of nitrogens with one attached hydrogen (secondary N) is 1. The molecule has 0 spiro atoms. The number of hydrogen-bond donors (Lipinski definition) is 1. The molecule has 0 fully saturated rings. The molecular weight excluding hydrogens is 338 g/mol. The fraction of sp³-hybridized carbons (Fsp3) is 0.0526. The lowest BCUT2D eigenvalue weighted by Gasteiger charge is -2.05. The van der Waals surface area contributed by atoms with Crippen molar-refractivity contribution in [1.82, 2.24) is 14.5 Å². The van der Waals surface area contributed by atoms with Crippen molar-refractivity contribution in [3.63, 3.8) is 0 Å². The largest absolute Gasteiger partial charge is 0.497 e. The quantitative estimate of drug-likeness (QED) is 0.606. The van der Waals surface area contributed by atoms with Gasteiger partial charge in [-0.2, -0.15) is 0 Å². The summed E-state index contributed by atoms with van der Waals surface area (Å²) >= 11 is 5.98. The van der Waals surface area contributed by atoms with Crippen molar-refractivity contribution in [2.75, 3.05) is 7.11 Å². The smallest absolute Gasteiger partial charge is 0.260 e. The third-order valence-corrected chi connectivity index (χ3v) is 4.35. The Balaban J connectivity index is 1.98. The Labute approximate surface area is 148 Å². The molecule has 0 atom stereocenters. The summed E-state index contributed by atoms with van der Waals surface area (Å²) in [5.41, 5.74) is 3.02. The zero-order valence-corrected chi connectivity index (χ0v) is 14.1. The molecule has 124 valence electrons. The summed E-state index contributed by atoms with van der Waals surface area (Å²) in [5.74, 6) is 0.768. The minimum absolute atomic E-state index is 0.179. The van der Waals surface area contributed by atoms with Crippen LogP contribution in [0.1, 0.15) is 0 Å². The van der Waals surface area contributed by atoms with Gasteiger partial charge in [0.05, 0.1) is 18.8 Å². The monoisotopic (exact) mass is 351 g/mol. The van der Waals surface area contributed by atoms with E-state index in [1.54, 1.807) is 19.2 Å². The SMILES string of the molecule is COc1ccc(-n2cc(-c3ccc(Cl)cc3)c3c(=O)[nH]cnc32)cc1. The van der Waals surface area contributed by atoms with E-state index < -0.39 is 0 Å². The molecular formula is C19H14ClN3O2. The van der Waals surface area contributed by atoms with Crippen molar-refractivity contribution in [2.45, 2.75) is 0 Å². The number of aromatic nitrogens is 3. The molecule has 0 radical (unpaired) electrons. The highest BCUT2D eigenvalue weighted by Crippen LogP contribution is 2.30. The van der Waals surface area contributed by atoms with Gasteiger partial charge in [0.15, 0.2) is 5.65 Å². The number of fused-ring (bicyclic) bond motifs is 1. The Morgan fingerprint density at radius 2 is 1.80 bits per heavy atom. The molecule has 0 aliphatic heterocycles. The molecule has 0 saturated heterocycles. The Bertz CT molecular complexity index is 1100. The fourth-order valence-electron chi connectivity index (χ4n) is 2.86. The van der Waals surface area contributed by atoms with E-state index in [4.69, 9.17) is 16.3 Å². The summed E-state index contributed by atoms with van der Waals surface area (Å²) < 4.78 is 7.10. The van der Waals surface area contributed by atoms with Crippen molar-refractivity contribution >= 4 is 22.6 Å². The van der Waals surface area contributed by atoms with E-state index in [1.165, 1.54) is 6.33 Å². The van der Waals surface area contributed by atoms with Crippen LogP contribution in [0, 0.1) is 0 Å². The second kappa shape index (κ2) is 6.11. The number of H-pyrrole nitrogens is 1. The third kappa shape index (κ3) is 2.68. The predicted octanol–water partition coefficient (Wildman–Crippen LogP) is 4.04. The molecule has 25 heavy (non-hydrogen) atoms. The van der Waals surface area contributed by atoms with Gasteiger partial charge in [-0.05, 0) is 42.0 Å². The van der Waals surface area contributed by atoms with Crippen LogP contribution in [0.4, 0.5) is 0 Å². The number of methoxy groups -OCH3 is 1. The van der Waals surface area contributed by atoms with Gasteiger partial charge in [-0.25, -0.2) is 4.98 Å². The number of ether oxygens (including phenoxy) is 1. The van der Waals surface area contributed by atoms with E-state index >= 15 is 0 Å².